The van der Waals surface area contributed by atoms with E-state index in [0.717, 1.165) is 34.8 Å². The number of benzene rings is 3. The highest BCUT2D eigenvalue weighted by molar-refractivity contribution is 8.01. The first kappa shape index (κ1) is 23.0. The predicted molar refractivity (Wildman–Crippen MR) is 127 cm³/mol. The van der Waals surface area contributed by atoms with Crippen molar-refractivity contribution in [2.75, 3.05) is 5.32 Å². The average Bonchev–Trinajstić information content (AvgIpc) is 3.26. The zero-order chi connectivity index (χ0) is 24.6. The second kappa shape index (κ2) is 9.14. The van der Waals surface area contributed by atoms with Crippen LogP contribution in [0.1, 0.15) is 29.3 Å². The van der Waals surface area contributed by atoms with E-state index in [4.69, 9.17) is 4.42 Å². The second-order valence-corrected chi connectivity index (χ2v) is 9.35. The maximum Gasteiger partial charge on any atom is 0.416 e. The molecule has 2 N–H and O–H groups in total. The molecule has 9 heteroatoms. The molecule has 0 spiro atoms. The Balaban J connectivity index is 1.35. The van der Waals surface area contributed by atoms with Gasteiger partial charge in [-0.1, -0.05) is 48.5 Å². The van der Waals surface area contributed by atoms with Gasteiger partial charge in [-0.15, -0.1) is 11.8 Å². The van der Waals surface area contributed by atoms with E-state index in [1.165, 1.54) is 6.07 Å². The Labute approximate surface area is 202 Å². The third-order valence-corrected chi connectivity index (χ3v) is 6.94. The Morgan fingerprint density at radius 2 is 1.77 bits per heavy atom. The number of hydrogen-bond acceptors (Lipinski definition) is 4. The van der Waals surface area contributed by atoms with Crippen LogP contribution in [0.3, 0.4) is 0 Å². The summed E-state index contributed by atoms with van der Waals surface area (Å²) in [5.74, 6) is -0.351. The molecule has 178 valence electrons. The van der Waals surface area contributed by atoms with Crippen molar-refractivity contribution in [3.8, 4) is 0 Å². The molecule has 2 atom stereocenters. The predicted octanol–water partition coefficient (Wildman–Crippen LogP) is 6.16. The number of halogens is 3. The molecule has 0 unspecified atom stereocenters. The Hall–Kier alpha value is -3.72. The van der Waals surface area contributed by atoms with Gasteiger partial charge in [0.2, 0.25) is 11.8 Å². The first-order valence-electron chi connectivity index (χ1n) is 10.8. The zero-order valence-corrected chi connectivity index (χ0v) is 19.0. The summed E-state index contributed by atoms with van der Waals surface area (Å²) in [5, 5.41) is 5.57. The summed E-state index contributed by atoms with van der Waals surface area (Å²) in [4.78, 5) is 26.1. The Morgan fingerprint density at radius 3 is 2.51 bits per heavy atom. The molecule has 1 aliphatic rings. The van der Waals surface area contributed by atoms with Crippen LogP contribution in [0.4, 0.5) is 18.9 Å². The largest absolute Gasteiger partial charge is 0.459 e. The normalized spacial score (nSPS) is 16.4. The van der Waals surface area contributed by atoms with Gasteiger partial charge in [0, 0.05) is 16.7 Å². The number of hydrogen-bond donors (Lipinski definition) is 2. The van der Waals surface area contributed by atoms with Crippen LogP contribution in [0.2, 0.25) is 0 Å². The quantitative estimate of drug-likeness (QED) is 0.347. The Bertz CT molecular complexity index is 1370. The van der Waals surface area contributed by atoms with E-state index in [9.17, 15) is 22.8 Å². The summed E-state index contributed by atoms with van der Waals surface area (Å²) in [6, 6.07) is 21.3. The van der Waals surface area contributed by atoms with Crippen LogP contribution in [-0.2, 0) is 15.8 Å². The number of thioether (sulfide) groups is 1. The van der Waals surface area contributed by atoms with Gasteiger partial charge in [-0.2, -0.15) is 13.2 Å². The molecule has 0 fully saturated rings. The standard InChI is InChI=1S/C26H19F3N2O3S/c27-26(28,29)17-10-11-21-18(13-17)30-25(33)22(35-21)14-23(32)31-24(15-6-2-1-3-7-15)20-12-16-8-4-5-9-19(16)34-20/h1-13,22,24H,14H2,(H,30,33)(H,31,32)/t22-,24+/m0/s1. The fraction of sp³-hybridized carbons (Fsp3) is 0.154. The van der Waals surface area contributed by atoms with Crippen LogP contribution >= 0.6 is 11.8 Å². The highest BCUT2D eigenvalue weighted by Gasteiger charge is 2.34. The molecule has 2 amide bonds. The van der Waals surface area contributed by atoms with Crippen molar-refractivity contribution >= 4 is 40.2 Å². The van der Waals surface area contributed by atoms with Crippen molar-refractivity contribution in [3.05, 3.63) is 95.7 Å². The summed E-state index contributed by atoms with van der Waals surface area (Å²) >= 11 is 1.07. The zero-order valence-electron chi connectivity index (χ0n) is 18.1. The highest BCUT2D eigenvalue weighted by atomic mass is 32.2. The van der Waals surface area contributed by atoms with E-state index in [1.807, 2.05) is 60.7 Å². The molecule has 5 nitrogen and oxygen atoms in total. The Kier molecular flexibility index (Phi) is 6.02. The van der Waals surface area contributed by atoms with Gasteiger partial charge in [0.1, 0.15) is 17.4 Å². The number of anilines is 1. The molecule has 3 aromatic carbocycles. The number of carbonyl (C=O) groups is 2. The molecule has 0 saturated carbocycles. The summed E-state index contributed by atoms with van der Waals surface area (Å²) in [6.45, 7) is 0. The molecule has 0 radical (unpaired) electrons. The van der Waals surface area contributed by atoms with Gasteiger partial charge in [-0.05, 0) is 35.9 Å². The van der Waals surface area contributed by atoms with Crippen LogP contribution in [0.25, 0.3) is 11.0 Å². The van der Waals surface area contributed by atoms with E-state index in [1.54, 1.807) is 0 Å². The van der Waals surface area contributed by atoms with Crippen LogP contribution in [-0.4, -0.2) is 17.1 Å². The summed E-state index contributed by atoms with van der Waals surface area (Å²) < 4.78 is 45.0. The smallest absolute Gasteiger partial charge is 0.416 e. The number of fused-ring (bicyclic) bond motifs is 2. The van der Waals surface area contributed by atoms with Gasteiger partial charge in [0.25, 0.3) is 0 Å². The van der Waals surface area contributed by atoms with Crippen molar-refractivity contribution < 1.29 is 27.2 Å². The summed E-state index contributed by atoms with van der Waals surface area (Å²) in [7, 11) is 0. The fourth-order valence-corrected chi connectivity index (χ4v) is 5.05. The van der Waals surface area contributed by atoms with Gasteiger partial charge in [-0.3, -0.25) is 9.59 Å². The minimum absolute atomic E-state index is 0.0934. The minimum atomic E-state index is -4.51. The van der Waals surface area contributed by atoms with E-state index >= 15 is 0 Å². The molecule has 0 saturated heterocycles. The number of para-hydroxylation sites is 1. The molecular formula is C26H19F3N2O3S. The lowest BCUT2D eigenvalue weighted by atomic mass is 10.0. The van der Waals surface area contributed by atoms with Crippen LogP contribution in [0.5, 0.6) is 0 Å². The van der Waals surface area contributed by atoms with E-state index < -0.39 is 28.9 Å². The molecule has 0 bridgehead atoms. The molecule has 1 aromatic heterocycles. The molecule has 0 aliphatic carbocycles. The van der Waals surface area contributed by atoms with Crippen LogP contribution < -0.4 is 10.6 Å². The topological polar surface area (TPSA) is 71.3 Å². The van der Waals surface area contributed by atoms with Crippen LogP contribution in [0.15, 0.2) is 88.2 Å². The first-order valence-corrected chi connectivity index (χ1v) is 11.7. The van der Waals surface area contributed by atoms with Crippen molar-refractivity contribution in [1.29, 1.82) is 0 Å². The lowest BCUT2D eigenvalue weighted by Crippen LogP contribution is -2.36. The monoisotopic (exact) mass is 496 g/mol. The number of furan rings is 1. The minimum Gasteiger partial charge on any atom is -0.459 e. The number of nitrogens with one attached hydrogen (secondary N) is 2. The van der Waals surface area contributed by atoms with Gasteiger partial charge < -0.3 is 15.1 Å². The fourth-order valence-electron chi connectivity index (χ4n) is 3.96. The molecular weight excluding hydrogens is 477 g/mol. The molecule has 5 rings (SSSR count). The highest BCUT2D eigenvalue weighted by Crippen LogP contribution is 2.40. The number of carbonyl (C=O) groups excluding carboxylic acids is 2. The van der Waals surface area contributed by atoms with E-state index in [2.05, 4.69) is 10.6 Å². The van der Waals surface area contributed by atoms with Crippen molar-refractivity contribution in [2.45, 2.75) is 28.8 Å². The maximum atomic E-state index is 13.0. The van der Waals surface area contributed by atoms with Crippen molar-refractivity contribution in [2.24, 2.45) is 0 Å². The molecule has 35 heavy (non-hydrogen) atoms. The van der Waals surface area contributed by atoms with Crippen LogP contribution in [0, 0.1) is 0 Å². The third kappa shape index (κ3) is 4.90. The SMILES string of the molecule is O=C(C[C@@H]1Sc2ccc(C(F)(F)F)cc2NC1=O)N[C@H](c1ccccc1)c1cc2ccccc2o1. The van der Waals surface area contributed by atoms with Gasteiger partial charge in [-0.25, -0.2) is 0 Å². The maximum absolute atomic E-state index is 13.0. The molecule has 1 aliphatic heterocycles. The number of amides is 2. The first-order chi connectivity index (χ1) is 16.8. The van der Waals surface area contributed by atoms with Gasteiger partial charge in [0.15, 0.2) is 0 Å². The average molecular weight is 497 g/mol. The lowest BCUT2D eigenvalue weighted by molar-refractivity contribution is -0.137. The van der Waals surface area contributed by atoms with E-state index in [-0.39, 0.29) is 18.0 Å². The third-order valence-electron chi connectivity index (χ3n) is 5.66. The van der Waals surface area contributed by atoms with Gasteiger partial charge in [0.05, 0.1) is 16.5 Å². The molecule has 2 heterocycles. The molecule has 4 aromatic rings. The second-order valence-electron chi connectivity index (χ2n) is 8.11. The lowest BCUT2D eigenvalue weighted by Gasteiger charge is -2.25. The van der Waals surface area contributed by atoms with Gasteiger partial charge >= 0.3 is 6.18 Å². The summed E-state index contributed by atoms with van der Waals surface area (Å²) in [5.41, 5.74) is 0.751. The number of rotatable bonds is 5. The summed E-state index contributed by atoms with van der Waals surface area (Å²) in [6.07, 6.45) is -4.66. The Morgan fingerprint density at radius 1 is 1.03 bits per heavy atom. The van der Waals surface area contributed by atoms with E-state index in [0.29, 0.717) is 16.2 Å². The van der Waals surface area contributed by atoms with Crippen molar-refractivity contribution in [3.63, 3.8) is 0 Å². The number of alkyl halides is 3. The van der Waals surface area contributed by atoms with Crippen molar-refractivity contribution in [1.82, 2.24) is 5.32 Å².